The van der Waals surface area contributed by atoms with Crippen LogP contribution in [0.4, 0.5) is 11.4 Å². The van der Waals surface area contributed by atoms with Gasteiger partial charge in [0.15, 0.2) is 0 Å². The highest BCUT2D eigenvalue weighted by Gasteiger charge is 2.35. The van der Waals surface area contributed by atoms with E-state index >= 15 is 0 Å². The highest BCUT2D eigenvalue weighted by Crippen LogP contribution is 2.27. The molecule has 2 aromatic rings. The topological polar surface area (TPSA) is 52.6 Å². The highest BCUT2D eigenvalue weighted by molar-refractivity contribution is 6.00. The van der Waals surface area contributed by atoms with Crippen LogP contribution in [-0.4, -0.2) is 31.4 Å². The van der Waals surface area contributed by atoms with Crippen LogP contribution in [-0.2, 0) is 16.1 Å². The maximum Gasteiger partial charge on any atom is 0.227 e. The van der Waals surface area contributed by atoms with Gasteiger partial charge in [0.05, 0.1) is 5.92 Å². The Morgan fingerprint density at radius 1 is 1.07 bits per heavy atom. The summed E-state index contributed by atoms with van der Waals surface area (Å²) >= 11 is 0. The molecule has 0 aliphatic carbocycles. The summed E-state index contributed by atoms with van der Waals surface area (Å²) in [5, 5.41) is 2.97. The summed E-state index contributed by atoms with van der Waals surface area (Å²) in [5.41, 5.74) is 4.26. The second-order valence-electron chi connectivity index (χ2n) is 7.30. The van der Waals surface area contributed by atoms with Gasteiger partial charge >= 0.3 is 0 Å². The number of nitrogens with one attached hydrogen (secondary N) is 1. The Hall–Kier alpha value is -2.82. The standard InChI is InChI=1S/C23H29N3O2/c1-4-25(5-2)20-10-12-21(13-11-20)26-16-19(14-22(26)27)23(28)24-15-18-8-6-17(3)7-9-18/h6-13,19H,4-5,14-16H2,1-3H3,(H,24,28). The molecule has 1 aliphatic heterocycles. The smallest absolute Gasteiger partial charge is 0.227 e. The van der Waals surface area contributed by atoms with Crippen molar-refractivity contribution < 1.29 is 9.59 Å². The van der Waals surface area contributed by atoms with Crippen LogP contribution in [0.3, 0.4) is 0 Å². The first-order valence-corrected chi connectivity index (χ1v) is 10.0. The third kappa shape index (κ3) is 4.53. The Morgan fingerprint density at radius 2 is 1.71 bits per heavy atom. The number of hydrogen-bond donors (Lipinski definition) is 1. The van der Waals surface area contributed by atoms with Gasteiger partial charge in [0.25, 0.3) is 0 Å². The fourth-order valence-electron chi connectivity index (χ4n) is 3.60. The van der Waals surface area contributed by atoms with Gasteiger partial charge in [-0.1, -0.05) is 29.8 Å². The summed E-state index contributed by atoms with van der Waals surface area (Å²) in [6.45, 7) is 9.10. The molecule has 1 unspecified atom stereocenters. The van der Waals surface area contributed by atoms with Crippen molar-refractivity contribution in [2.24, 2.45) is 5.92 Å². The molecule has 0 bridgehead atoms. The molecule has 148 valence electrons. The molecule has 2 amide bonds. The maximum absolute atomic E-state index is 12.5. The summed E-state index contributed by atoms with van der Waals surface area (Å²) < 4.78 is 0. The molecular weight excluding hydrogens is 350 g/mol. The van der Waals surface area contributed by atoms with Crippen LogP contribution in [0.25, 0.3) is 0 Å². The largest absolute Gasteiger partial charge is 0.372 e. The number of benzene rings is 2. The van der Waals surface area contributed by atoms with Crippen LogP contribution in [0.2, 0.25) is 0 Å². The normalized spacial score (nSPS) is 16.3. The molecule has 1 aliphatic rings. The Kier molecular flexibility index (Phi) is 6.34. The molecular formula is C23H29N3O2. The second kappa shape index (κ2) is 8.91. The Morgan fingerprint density at radius 3 is 2.32 bits per heavy atom. The molecule has 3 rings (SSSR count). The first kappa shape index (κ1) is 19.9. The molecule has 28 heavy (non-hydrogen) atoms. The van der Waals surface area contributed by atoms with E-state index in [0.717, 1.165) is 30.0 Å². The van der Waals surface area contributed by atoms with Crippen molar-refractivity contribution in [2.75, 3.05) is 29.4 Å². The van der Waals surface area contributed by atoms with E-state index in [1.165, 1.54) is 5.56 Å². The number of hydrogen-bond acceptors (Lipinski definition) is 3. The van der Waals surface area contributed by atoms with Gasteiger partial charge in [-0.25, -0.2) is 0 Å². The number of anilines is 2. The molecule has 2 aromatic carbocycles. The van der Waals surface area contributed by atoms with Crippen LogP contribution in [0.15, 0.2) is 48.5 Å². The lowest BCUT2D eigenvalue weighted by Crippen LogP contribution is -2.32. The monoisotopic (exact) mass is 379 g/mol. The molecule has 0 spiro atoms. The third-order valence-electron chi connectivity index (χ3n) is 5.37. The minimum absolute atomic E-state index is 0.00563. The van der Waals surface area contributed by atoms with E-state index in [9.17, 15) is 9.59 Å². The zero-order valence-electron chi connectivity index (χ0n) is 16.9. The molecule has 5 heteroatoms. The van der Waals surface area contributed by atoms with E-state index < -0.39 is 0 Å². The van der Waals surface area contributed by atoms with E-state index in [-0.39, 0.29) is 24.2 Å². The zero-order chi connectivity index (χ0) is 20.1. The third-order valence-corrected chi connectivity index (χ3v) is 5.37. The lowest BCUT2D eigenvalue weighted by atomic mass is 10.1. The average Bonchev–Trinajstić information content (AvgIpc) is 3.10. The van der Waals surface area contributed by atoms with E-state index in [2.05, 4.69) is 24.1 Å². The van der Waals surface area contributed by atoms with Crippen molar-refractivity contribution in [3.63, 3.8) is 0 Å². The molecule has 1 N–H and O–H groups in total. The Labute approximate surface area is 167 Å². The molecule has 1 heterocycles. The van der Waals surface area contributed by atoms with Crippen LogP contribution in [0.5, 0.6) is 0 Å². The SMILES string of the molecule is CCN(CC)c1ccc(N2CC(C(=O)NCc3ccc(C)cc3)CC2=O)cc1. The number of aryl methyl sites for hydroxylation is 1. The summed E-state index contributed by atoms with van der Waals surface area (Å²) in [6.07, 6.45) is 0.261. The lowest BCUT2D eigenvalue weighted by Gasteiger charge is -2.22. The summed E-state index contributed by atoms with van der Waals surface area (Å²) in [6, 6.07) is 16.1. The highest BCUT2D eigenvalue weighted by atomic mass is 16.2. The quantitative estimate of drug-likeness (QED) is 0.801. The first-order chi connectivity index (χ1) is 13.5. The van der Waals surface area contributed by atoms with Crippen molar-refractivity contribution >= 4 is 23.2 Å². The minimum Gasteiger partial charge on any atom is -0.372 e. The number of rotatable bonds is 7. The van der Waals surface area contributed by atoms with Crippen LogP contribution in [0.1, 0.15) is 31.4 Å². The lowest BCUT2D eigenvalue weighted by molar-refractivity contribution is -0.126. The molecule has 1 fully saturated rings. The van der Waals surface area contributed by atoms with Gasteiger partial charge < -0.3 is 15.1 Å². The Balaban J connectivity index is 1.59. The van der Waals surface area contributed by atoms with Crippen molar-refractivity contribution in [3.05, 3.63) is 59.7 Å². The van der Waals surface area contributed by atoms with E-state index in [1.54, 1.807) is 4.90 Å². The van der Waals surface area contributed by atoms with Crippen LogP contribution in [0, 0.1) is 12.8 Å². The first-order valence-electron chi connectivity index (χ1n) is 10.0. The van der Waals surface area contributed by atoms with Gasteiger partial charge in [0.1, 0.15) is 0 Å². The summed E-state index contributed by atoms with van der Waals surface area (Å²) in [4.78, 5) is 29.0. The van der Waals surface area contributed by atoms with Crippen LogP contribution >= 0.6 is 0 Å². The molecule has 1 atom stereocenters. The number of nitrogens with zero attached hydrogens (tertiary/aromatic N) is 2. The maximum atomic E-state index is 12.5. The number of carbonyl (C=O) groups excluding carboxylic acids is 2. The van der Waals surface area contributed by atoms with E-state index in [4.69, 9.17) is 0 Å². The molecule has 1 saturated heterocycles. The number of carbonyl (C=O) groups is 2. The van der Waals surface area contributed by atoms with Crippen molar-refractivity contribution in [2.45, 2.75) is 33.7 Å². The van der Waals surface area contributed by atoms with Crippen molar-refractivity contribution in [1.82, 2.24) is 5.32 Å². The van der Waals surface area contributed by atoms with Gasteiger partial charge in [-0.15, -0.1) is 0 Å². The van der Waals surface area contributed by atoms with Gasteiger partial charge in [-0.2, -0.15) is 0 Å². The van der Waals surface area contributed by atoms with Crippen molar-refractivity contribution in [3.8, 4) is 0 Å². The molecule has 0 radical (unpaired) electrons. The van der Waals surface area contributed by atoms with E-state index in [1.807, 2.05) is 55.5 Å². The predicted molar refractivity (Wildman–Crippen MR) is 113 cm³/mol. The van der Waals surface area contributed by atoms with E-state index in [0.29, 0.717) is 13.1 Å². The van der Waals surface area contributed by atoms with Gasteiger partial charge in [0, 0.05) is 44.0 Å². The molecule has 0 saturated carbocycles. The van der Waals surface area contributed by atoms with Crippen molar-refractivity contribution in [1.29, 1.82) is 0 Å². The van der Waals surface area contributed by atoms with Crippen LogP contribution < -0.4 is 15.1 Å². The summed E-state index contributed by atoms with van der Waals surface area (Å²) in [5.74, 6) is -0.359. The fourth-order valence-corrected chi connectivity index (χ4v) is 3.60. The predicted octanol–water partition coefficient (Wildman–Crippen LogP) is 3.51. The minimum atomic E-state index is -0.305. The zero-order valence-corrected chi connectivity index (χ0v) is 16.9. The number of amides is 2. The van der Waals surface area contributed by atoms with Gasteiger partial charge in [-0.05, 0) is 50.6 Å². The Bertz CT molecular complexity index is 811. The second-order valence-corrected chi connectivity index (χ2v) is 7.30. The summed E-state index contributed by atoms with van der Waals surface area (Å²) in [7, 11) is 0. The van der Waals surface area contributed by atoms with Gasteiger partial charge in [0.2, 0.25) is 11.8 Å². The molecule has 5 nitrogen and oxygen atoms in total. The van der Waals surface area contributed by atoms with Gasteiger partial charge in [-0.3, -0.25) is 9.59 Å². The molecule has 0 aromatic heterocycles. The average molecular weight is 380 g/mol. The fraction of sp³-hybridized carbons (Fsp3) is 0.391.